The molecule has 0 atom stereocenters. The molecular weight excluding hydrogens is 249 g/mol. The van der Waals surface area contributed by atoms with Gasteiger partial charge in [0.25, 0.3) is 0 Å². The van der Waals surface area contributed by atoms with Gasteiger partial charge < -0.3 is 14.8 Å². The summed E-state index contributed by atoms with van der Waals surface area (Å²) in [6, 6.07) is 6.17. The molecule has 5 heteroatoms. The Morgan fingerprint density at radius 3 is 2.68 bits per heavy atom. The Bertz CT molecular complexity index is 619. The third-order valence-electron chi connectivity index (χ3n) is 2.82. The highest BCUT2D eigenvalue weighted by molar-refractivity contribution is 5.88. The summed E-state index contributed by atoms with van der Waals surface area (Å²) in [5, 5.41) is 12.0. The number of furan rings is 1. The summed E-state index contributed by atoms with van der Waals surface area (Å²) < 4.78 is 18.4. The van der Waals surface area contributed by atoms with Crippen molar-refractivity contribution < 1.29 is 18.7 Å². The maximum atomic E-state index is 13.1. The number of hydrogen-bond donors (Lipinski definition) is 2. The number of anilines is 1. The topological polar surface area (TPSA) is 62.5 Å². The monoisotopic (exact) mass is 263 g/mol. The van der Waals surface area contributed by atoms with Crippen molar-refractivity contribution in [2.24, 2.45) is 0 Å². The smallest absolute Gasteiger partial charge is 0.339 e. The third kappa shape index (κ3) is 2.93. The van der Waals surface area contributed by atoms with Crippen LogP contribution < -0.4 is 5.32 Å². The molecule has 2 rings (SSSR count). The first-order chi connectivity index (χ1) is 8.97. The molecule has 0 bridgehead atoms. The molecule has 0 aliphatic carbocycles. The minimum atomic E-state index is -1.01. The Kier molecular flexibility index (Phi) is 3.55. The first kappa shape index (κ1) is 13.1. The van der Waals surface area contributed by atoms with Gasteiger partial charge in [-0.15, -0.1) is 0 Å². The van der Waals surface area contributed by atoms with Gasteiger partial charge in [-0.1, -0.05) is 0 Å². The fourth-order valence-electron chi connectivity index (χ4n) is 1.79. The highest BCUT2D eigenvalue weighted by Crippen LogP contribution is 2.18. The van der Waals surface area contributed by atoms with Crippen LogP contribution in [0, 0.1) is 19.7 Å². The second-order valence-electron chi connectivity index (χ2n) is 4.31. The van der Waals surface area contributed by atoms with E-state index in [0.717, 1.165) is 5.69 Å². The zero-order valence-electron chi connectivity index (χ0n) is 10.7. The summed E-state index contributed by atoms with van der Waals surface area (Å²) in [6.07, 6.45) is 0. The largest absolute Gasteiger partial charge is 0.478 e. The van der Waals surface area contributed by atoms with E-state index in [1.807, 2.05) is 0 Å². The number of carbonyl (C=O) groups is 1. The molecule has 100 valence electrons. The Morgan fingerprint density at radius 1 is 1.37 bits per heavy atom. The Labute approximate surface area is 109 Å². The van der Waals surface area contributed by atoms with Gasteiger partial charge >= 0.3 is 5.97 Å². The molecule has 19 heavy (non-hydrogen) atoms. The predicted molar refractivity (Wildman–Crippen MR) is 68.9 cm³/mol. The Hall–Kier alpha value is -2.30. The molecule has 0 amide bonds. The van der Waals surface area contributed by atoms with Crippen molar-refractivity contribution >= 4 is 11.7 Å². The van der Waals surface area contributed by atoms with Crippen LogP contribution in [0.15, 0.2) is 28.7 Å². The van der Waals surface area contributed by atoms with Crippen LogP contribution in [-0.2, 0) is 6.54 Å². The number of hydrogen-bond acceptors (Lipinski definition) is 3. The number of carboxylic acids is 1. The summed E-state index contributed by atoms with van der Waals surface area (Å²) >= 11 is 0. The van der Waals surface area contributed by atoms with E-state index in [0.29, 0.717) is 23.6 Å². The van der Waals surface area contributed by atoms with Crippen molar-refractivity contribution in [3.63, 3.8) is 0 Å². The molecule has 1 aromatic carbocycles. The second-order valence-corrected chi connectivity index (χ2v) is 4.31. The molecule has 1 aromatic heterocycles. The van der Waals surface area contributed by atoms with Gasteiger partial charge in [-0.25, -0.2) is 9.18 Å². The lowest BCUT2D eigenvalue weighted by atomic mass is 10.2. The summed E-state index contributed by atoms with van der Waals surface area (Å²) in [5.41, 5.74) is 1.46. The number of aromatic carboxylic acids is 1. The first-order valence-corrected chi connectivity index (χ1v) is 5.80. The minimum Gasteiger partial charge on any atom is -0.478 e. The van der Waals surface area contributed by atoms with Crippen LogP contribution >= 0.6 is 0 Å². The number of carboxylic acid groups (broad SMARTS) is 1. The van der Waals surface area contributed by atoms with E-state index >= 15 is 0 Å². The fourth-order valence-corrected chi connectivity index (χ4v) is 1.79. The van der Waals surface area contributed by atoms with E-state index < -0.39 is 5.97 Å². The van der Waals surface area contributed by atoms with Crippen molar-refractivity contribution in [3.05, 3.63) is 52.7 Å². The summed E-state index contributed by atoms with van der Waals surface area (Å²) in [6.45, 7) is 3.63. The highest BCUT2D eigenvalue weighted by atomic mass is 19.1. The molecular formula is C14H14FNO3. The highest BCUT2D eigenvalue weighted by Gasteiger charge is 2.13. The molecule has 0 saturated heterocycles. The molecule has 0 unspecified atom stereocenters. The number of benzene rings is 1. The van der Waals surface area contributed by atoms with E-state index in [9.17, 15) is 9.18 Å². The van der Waals surface area contributed by atoms with Gasteiger partial charge in [0.2, 0.25) is 0 Å². The SMILES string of the molecule is Cc1cc(NCc2cc(C(=O)O)c(C)o2)ccc1F. The average Bonchev–Trinajstić information content (AvgIpc) is 2.72. The van der Waals surface area contributed by atoms with Crippen LogP contribution in [0.25, 0.3) is 0 Å². The standard InChI is InChI=1S/C14H14FNO3/c1-8-5-10(3-4-13(8)15)16-7-11-6-12(14(17)18)9(2)19-11/h3-6,16H,7H2,1-2H3,(H,17,18). The molecule has 0 saturated carbocycles. The maximum Gasteiger partial charge on any atom is 0.339 e. The molecule has 0 spiro atoms. The number of halogens is 1. The molecule has 0 aliphatic heterocycles. The molecule has 1 heterocycles. The quantitative estimate of drug-likeness (QED) is 0.888. The van der Waals surface area contributed by atoms with Crippen LogP contribution in [0.5, 0.6) is 0 Å². The summed E-state index contributed by atoms with van der Waals surface area (Å²) in [7, 11) is 0. The lowest BCUT2D eigenvalue weighted by Gasteiger charge is -2.05. The van der Waals surface area contributed by atoms with Crippen LogP contribution in [0.2, 0.25) is 0 Å². The molecule has 0 radical (unpaired) electrons. The summed E-state index contributed by atoms with van der Waals surface area (Å²) in [5.74, 6) is -0.367. The predicted octanol–water partition coefficient (Wildman–Crippen LogP) is 3.35. The van der Waals surface area contributed by atoms with Gasteiger partial charge in [-0.05, 0) is 43.7 Å². The van der Waals surface area contributed by atoms with Crippen molar-refractivity contribution in [1.82, 2.24) is 0 Å². The Balaban J connectivity index is 2.08. The van der Waals surface area contributed by atoms with Gasteiger partial charge in [-0.3, -0.25) is 0 Å². The van der Waals surface area contributed by atoms with Crippen LogP contribution in [-0.4, -0.2) is 11.1 Å². The van der Waals surface area contributed by atoms with Gasteiger partial charge in [-0.2, -0.15) is 0 Å². The second kappa shape index (κ2) is 5.14. The normalized spacial score (nSPS) is 10.5. The maximum absolute atomic E-state index is 13.1. The van der Waals surface area contributed by atoms with Crippen molar-refractivity contribution in [3.8, 4) is 0 Å². The zero-order valence-corrected chi connectivity index (χ0v) is 10.7. The molecule has 2 N–H and O–H groups in total. The van der Waals surface area contributed by atoms with Gasteiger partial charge in [0, 0.05) is 5.69 Å². The van der Waals surface area contributed by atoms with E-state index in [-0.39, 0.29) is 11.4 Å². The van der Waals surface area contributed by atoms with Crippen LogP contribution in [0.3, 0.4) is 0 Å². The number of rotatable bonds is 4. The lowest BCUT2D eigenvalue weighted by Crippen LogP contribution is -1.99. The average molecular weight is 263 g/mol. The summed E-state index contributed by atoms with van der Waals surface area (Å²) in [4.78, 5) is 10.9. The molecule has 4 nitrogen and oxygen atoms in total. The fraction of sp³-hybridized carbons (Fsp3) is 0.214. The first-order valence-electron chi connectivity index (χ1n) is 5.80. The van der Waals surface area contributed by atoms with Gasteiger partial charge in [0.15, 0.2) is 0 Å². The molecule has 2 aromatic rings. The van der Waals surface area contributed by atoms with Crippen molar-refractivity contribution in [2.75, 3.05) is 5.32 Å². The van der Waals surface area contributed by atoms with E-state index in [4.69, 9.17) is 9.52 Å². The van der Waals surface area contributed by atoms with Crippen molar-refractivity contribution in [1.29, 1.82) is 0 Å². The van der Waals surface area contributed by atoms with Crippen LogP contribution in [0.1, 0.15) is 27.4 Å². The molecule has 0 aliphatic rings. The van der Waals surface area contributed by atoms with Gasteiger partial charge in [0.05, 0.1) is 6.54 Å². The number of nitrogens with one attached hydrogen (secondary N) is 1. The van der Waals surface area contributed by atoms with Gasteiger partial charge in [0.1, 0.15) is 22.9 Å². The third-order valence-corrected chi connectivity index (χ3v) is 2.82. The van der Waals surface area contributed by atoms with E-state index in [1.54, 1.807) is 26.0 Å². The molecule has 0 fully saturated rings. The van der Waals surface area contributed by atoms with E-state index in [2.05, 4.69) is 5.32 Å². The zero-order chi connectivity index (χ0) is 14.0. The lowest BCUT2D eigenvalue weighted by molar-refractivity contribution is 0.0695. The van der Waals surface area contributed by atoms with E-state index in [1.165, 1.54) is 12.1 Å². The number of aryl methyl sites for hydroxylation is 2. The van der Waals surface area contributed by atoms with Crippen molar-refractivity contribution in [2.45, 2.75) is 20.4 Å². The van der Waals surface area contributed by atoms with Crippen LogP contribution in [0.4, 0.5) is 10.1 Å². The minimum absolute atomic E-state index is 0.159. The Morgan fingerprint density at radius 2 is 2.11 bits per heavy atom.